The molecule has 5 rings (SSSR count). The van der Waals surface area contributed by atoms with E-state index < -0.39 is 11.9 Å². The summed E-state index contributed by atoms with van der Waals surface area (Å²) in [5.41, 5.74) is 0.501. The molecular formula is C40H50N6O6. The minimum atomic E-state index is -1.23. The molecule has 0 spiro atoms. The van der Waals surface area contributed by atoms with Gasteiger partial charge in [-0.1, -0.05) is 24.3 Å². The van der Waals surface area contributed by atoms with E-state index in [1.807, 2.05) is 40.3 Å². The maximum atomic E-state index is 13.9. The molecule has 0 heterocycles. The van der Waals surface area contributed by atoms with Crippen molar-refractivity contribution in [1.29, 1.82) is 0 Å². The first kappa shape index (κ1) is 38.4. The van der Waals surface area contributed by atoms with Crippen LogP contribution in [0.4, 0.5) is 0 Å². The van der Waals surface area contributed by atoms with Crippen LogP contribution in [-0.2, 0) is 0 Å². The van der Waals surface area contributed by atoms with Crippen molar-refractivity contribution in [3.05, 3.63) is 70.8 Å². The molecule has 6 N–H and O–H groups in total. The van der Waals surface area contributed by atoms with Gasteiger partial charge in [0.15, 0.2) is 0 Å². The Balaban J connectivity index is 1.51. The van der Waals surface area contributed by atoms with E-state index >= 15 is 0 Å². The van der Waals surface area contributed by atoms with Gasteiger partial charge in [0.25, 0.3) is 11.8 Å². The van der Waals surface area contributed by atoms with Crippen LogP contribution in [-0.4, -0.2) is 124 Å². The topological polar surface area (TPSA) is 163 Å². The van der Waals surface area contributed by atoms with Crippen LogP contribution in [0.2, 0.25) is 0 Å². The Labute approximate surface area is 303 Å². The molecule has 0 atom stereocenters. The van der Waals surface area contributed by atoms with Gasteiger partial charge in [-0.2, -0.15) is 0 Å². The zero-order valence-electron chi connectivity index (χ0n) is 30.5. The highest BCUT2D eigenvalue weighted by Crippen LogP contribution is 2.44. The number of rotatable bonds is 20. The molecule has 0 unspecified atom stereocenters. The van der Waals surface area contributed by atoms with Crippen molar-refractivity contribution < 1.29 is 29.4 Å². The molecular weight excluding hydrogens is 660 g/mol. The number of carboxylic acids is 2. The number of fused-ring (bicyclic) bond motifs is 2. The van der Waals surface area contributed by atoms with E-state index in [2.05, 4.69) is 31.1 Å². The third kappa shape index (κ3) is 8.59. The second kappa shape index (κ2) is 17.6. The van der Waals surface area contributed by atoms with Crippen molar-refractivity contribution in [2.45, 2.75) is 25.7 Å². The number of amides is 2. The van der Waals surface area contributed by atoms with Crippen LogP contribution in [0.15, 0.2) is 48.5 Å². The molecule has 0 aliphatic carbocycles. The molecule has 12 nitrogen and oxygen atoms in total. The van der Waals surface area contributed by atoms with Crippen LogP contribution in [0.5, 0.6) is 0 Å². The fourth-order valence-corrected chi connectivity index (χ4v) is 6.94. The predicted octanol–water partition coefficient (Wildman–Crippen LogP) is 4.46. The van der Waals surface area contributed by atoms with E-state index in [0.29, 0.717) is 61.9 Å². The van der Waals surface area contributed by atoms with Crippen LogP contribution in [0.3, 0.4) is 0 Å². The largest absolute Gasteiger partial charge is 0.478 e. The molecule has 5 aromatic rings. The number of hydrogen-bond acceptors (Lipinski definition) is 8. The summed E-state index contributed by atoms with van der Waals surface area (Å²) < 4.78 is 0. The van der Waals surface area contributed by atoms with Gasteiger partial charge in [-0.3, -0.25) is 9.59 Å². The molecule has 0 bridgehead atoms. The Kier molecular flexibility index (Phi) is 13.0. The second-order valence-electron chi connectivity index (χ2n) is 13.8. The van der Waals surface area contributed by atoms with Gasteiger partial charge in [0.1, 0.15) is 0 Å². The third-order valence-electron chi connectivity index (χ3n) is 9.40. The zero-order valence-corrected chi connectivity index (χ0v) is 30.5. The lowest BCUT2D eigenvalue weighted by Crippen LogP contribution is -2.30. The monoisotopic (exact) mass is 710 g/mol. The molecule has 0 aliphatic heterocycles. The highest BCUT2D eigenvalue weighted by Gasteiger charge is 2.25. The van der Waals surface area contributed by atoms with Crippen LogP contribution >= 0.6 is 0 Å². The minimum absolute atomic E-state index is 0.107. The van der Waals surface area contributed by atoms with E-state index in [1.54, 1.807) is 24.3 Å². The van der Waals surface area contributed by atoms with Gasteiger partial charge in [-0.15, -0.1) is 0 Å². The number of carbonyl (C=O) groups excluding carboxylic acids is 2. The predicted molar refractivity (Wildman–Crippen MR) is 208 cm³/mol. The van der Waals surface area contributed by atoms with E-state index in [4.69, 9.17) is 0 Å². The van der Waals surface area contributed by atoms with Crippen molar-refractivity contribution in [1.82, 2.24) is 31.1 Å². The van der Waals surface area contributed by atoms with E-state index in [-0.39, 0.29) is 28.3 Å². The molecule has 12 heteroatoms. The second-order valence-corrected chi connectivity index (χ2v) is 13.8. The third-order valence-corrected chi connectivity index (χ3v) is 9.40. The summed E-state index contributed by atoms with van der Waals surface area (Å²) >= 11 is 0. The quantitative estimate of drug-likeness (QED) is 0.0387. The van der Waals surface area contributed by atoms with E-state index in [0.717, 1.165) is 65.0 Å². The van der Waals surface area contributed by atoms with Gasteiger partial charge in [0.2, 0.25) is 0 Å². The number of nitrogens with zero attached hydrogens (tertiary/aromatic N) is 2. The van der Waals surface area contributed by atoms with Crippen molar-refractivity contribution in [3.63, 3.8) is 0 Å². The van der Waals surface area contributed by atoms with Gasteiger partial charge in [-0.25, -0.2) is 9.59 Å². The van der Waals surface area contributed by atoms with Gasteiger partial charge in [0.05, 0.1) is 11.1 Å². The molecule has 5 aromatic carbocycles. The summed E-state index contributed by atoms with van der Waals surface area (Å²) in [5, 5.41) is 37.5. The average Bonchev–Trinajstić information content (AvgIpc) is 3.11. The maximum Gasteiger partial charge on any atom is 0.336 e. The summed E-state index contributed by atoms with van der Waals surface area (Å²) in [6, 6.07) is 13.2. The molecule has 276 valence electrons. The number of hydrogen-bond donors (Lipinski definition) is 6. The molecule has 0 aromatic heterocycles. The lowest BCUT2D eigenvalue weighted by molar-refractivity contribution is 0.0695. The molecule has 0 aliphatic rings. The SMILES string of the molecule is CN(C)CCCNCCCNC(=O)c1ccc2c3ccc(C(=O)O)c4c(C(=O)O)ccc(c5ccc(C(=O)NCCCNCCCN(C)C)c1c25)c43. The first-order valence-electron chi connectivity index (χ1n) is 17.9. The zero-order chi connectivity index (χ0) is 37.4. The Morgan fingerprint density at radius 3 is 1.13 bits per heavy atom. The standard InChI is InChI=1S/C40H50N6O6/c1-45(2)23-7-19-41-17-5-21-43-37(47)29-13-9-25-27-11-15-31(39(49)50)36-32(40(51)52)16-12-28(34(27)36)26-10-14-30(35(29)33(25)26)38(48)44-22-6-18-42-20-8-24-46(3)4/h9-16,41-42H,5-8,17-24H2,1-4H3,(H,43,47)(H,44,48)(H,49,50)(H,51,52). The summed E-state index contributed by atoms with van der Waals surface area (Å²) in [4.78, 5) is 56.6. The normalized spacial score (nSPS) is 11.8. The lowest BCUT2D eigenvalue weighted by atomic mass is 9.84. The molecule has 0 saturated heterocycles. The minimum Gasteiger partial charge on any atom is -0.478 e. The number of aromatic carboxylic acids is 2. The van der Waals surface area contributed by atoms with Crippen LogP contribution < -0.4 is 21.3 Å². The van der Waals surface area contributed by atoms with Crippen LogP contribution in [0, 0.1) is 0 Å². The van der Waals surface area contributed by atoms with E-state index in [9.17, 15) is 29.4 Å². The first-order valence-corrected chi connectivity index (χ1v) is 17.9. The number of nitrogens with one attached hydrogen (secondary N) is 4. The number of carboxylic acid groups (broad SMARTS) is 2. The van der Waals surface area contributed by atoms with Gasteiger partial charge in [0, 0.05) is 35.0 Å². The van der Waals surface area contributed by atoms with Gasteiger partial charge in [-0.05, 0) is 150 Å². The van der Waals surface area contributed by atoms with E-state index in [1.165, 1.54) is 12.1 Å². The molecule has 52 heavy (non-hydrogen) atoms. The van der Waals surface area contributed by atoms with Gasteiger partial charge >= 0.3 is 11.9 Å². The summed E-state index contributed by atoms with van der Waals surface area (Å²) in [5.74, 6) is -3.06. The van der Waals surface area contributed by atoms with Crippen molar-refractivity contribution in [2.24, 2.45) is 0 Å². The molecule has 0 radical (unpaired) electrons. The Hall–Kier alpha value is -4.88. The van der Waals surface area contributed by atoms with Crippen LogP contribution in [0.25, 0.3) is 43.1 Å². The smallest absolute Gasteiger partial charge is 0.336 e. The Morgan fingerprint density at radius 2 is 0.788 bits per heavy atom. The summed E-state index contributed by atoms with van der Waals surface area (Å²) in [6.07, 6.45) is 3.53. The van der Waals surface area contributed by atoms with Crippen molar-refractivity contribution in [2.75, 3.05) is 80.5 Å². The van der Waals surface area contributed by atoms with Gasteiger partial charge < -0.3 is 41.3 Å². The number of benzene rings is 5. The number of carbonyl (C=O) groups is 4. The lowest BCUT2D eigenvalue weighted by Gasteiger charge is -2.20. The fourth-order valence-electron chi connectivity index (χ4n) is 6.94. The highest BCUT2D eigenvalue weighted by molar-refractivity contribution is 6.38. The highest BCUT2D eigenvalue weighted by atomic mass is 16.4. The van der Waals surface area contributed by atoms with Crippen molar-refractivity contribution >= 4 is 66.8 Å². The average molecular weight is 711 g/mol. The maximum absolute atomic E-state index is 13.9. The molecule has 2 amide bonds. The summed E-state index contributed by atoms with van der Waals surface area (Å²) in [6.45, 7) is 6.19. The fraction of sp³-hybridized carbons (Fsp3) is 0.400. The Morgan fingerprint density at radius 1 is 0.462 bits per heavy atom. The van der Waals surface area contributed by atoms with Crippen molar-refractivity contribution in [3.8, 4) is 0 Å². The molecule has 0 fully saturated rings. The first-order chi connectivity index (χ1) is 25.0. The Bertz CT molecular complexity index is 1940. The van der Waals surface area contributed by atoms with Crippen LogP contribution in [0.1, 0.15) is 67.1 Å². The summed E-state index contributed by atoms with van der Waals surface area (Å²) in [7, 11) is 8.18. The molecule has 0 saturated carbocycles.